The SMILES string of the molecule is CCCN(COP=O)Cc1cc(C#Cc2ccc(Br)c3ccccc23)cc(CN(CC(=O)OCC)CP(=O)(OCC)OCC)n1. The van der Waals surface area contributed by atoms with E-state index >= 15 is 0 Å². The van der Waals surface area contributed by atoms with Crippen molar-refractivity contribution in [2.45, 2.75) is 47.2 Å². The summed E-state index contributed by atoms with van der Waals surface area (Å²) in [6, 6.07) is 15.8. The minimum Gasteiger partial charge on any atom is -0.465 e. The molecule has 0 amide bonds. The molecule has 0 bridgehead atoms. The minimum atomic E-state index is -3.53. The van der Waals surface area contributed by atoms with Gasteiger partial charge in [-0.3, -0.25) is 28.7 Å². The molecular formula is C32H40BrN3O7P2. The van der Waals surface area contributed by atoms with Gasteiger partial charge in [0.1, 0.15) is 13.0 Å². The lowest BCUT2D eigenvalue weighted by atomic mass is 10.0. The lowest BCUT2D eigenvalue weighted by Gasteiger charge is -2.26. The molecular weight excluding hydrogens is 680 g/mol. The van der Waals surface area contributed by atoms with E-state index in [-0.39, 0.29) is 45.9 Å². The third-order valence-electron chi connectivity index (χ3n) is 6.43. The van der Waals surface area contributed by atoms with Crippen LogP contribution in [0.25, 0.3) is 10.8 Å². The van der Waals surface area contributed by atoms with Crippen LogP contribution in [0, 0.1) is 11.8 Å². The summed E-state index contributed by atoms with van der Waals surface area (Å²) in [6.45, 7) is 9.19. The lowest BCUT2D eigenvalue weighted by Crippen LogP contribution is -2.33. The molecule has 45 heavy (non-hydrogen) atoms. The second-order valence-corrected chi connectivity index (χ2v) is 13.3. The molecule has 0 aliphatic rings. The van der Waals surface area contributed by atoms with E-state index in [9.17, 15) is 13.9 Å². The predicted molar refractivity (Wildman–Crippen MR) is 179 cm³/mol. The Morgan fingerprint density at radius 3 is 2.22 bits per heavy atom. The molecule has 10 nitrogen and oxygen atoms in total. The molecule has 0 aliphatic heterocycles. The zero-order valence-corrected chi connectivity index (χ0v) is 29.5. The monoisotopic (exact) mass is 719 g/mol. The van der Waals surface area contributed by atoms with Crippen molar-refractivity contribution in [3.8, 4) is 11.8 Å². The second-order valence-electron chi connectivity index (χ2n) is 9.99. The van der Waals surface area contributed by atoms with E-state index < -0.39 is 22.3 Å². The topological polar surface area (TPSA) is 108 Å². The molecule has 3 aromatic rings. The van der Waals surface area contributed by atoms with E-state index in [1.54, 1.807) is 25.7 Å². The lowest BCUT2D eigenvalue weighted by molar-refractivity contribution is -0.144. The van der Waals surface area contributed by atoms with Crippen LogP contribution in [0.3, 0.4) is 0 Å². The maximum Gasteiger partial charge on any atom is 0.344 e. The fourth-order valence-electron chi connectivity index (χ4n) is 4.77. The highest BCUT2D eigenvalue weighted by molar-refractivity contribution is 9.10. The number of aromatic nitrogens is 1. The fourth-order valence-corrected chi connectivity index (χ4v) is 7.17. The fraction of sp³-hybridized carbons (Fsp3) is 0.438. The number of carbonyl (C=O) groups excluding carboxylic acids is 1. The van der Waals surface area contributed by atoms with Gasteiger partial charge in [-0.2, -0.15) is 0 Å². The van der Waals surface area contributed by atoms with Gasteiger partial charge >= 0.3 is 22.3 Å². The molecule has 1 heterocycles. The van der Waals surface area contributed by atoms with Crippen LogP contribution >= 0.6 is 32.2 Å². The molecule has 0 unspecified atom stereocenters. The molecule has 0 fully saturated rings. The molecule has 1 aromatic heterocycles. The highest BCUT2D eigenvalue weighted by Gasteiger charge is 2.29. The van der Waals surface area contributed by atoms with Crippen molar-refractivity contribution >= 4 is 49.0 Å². The Labute approximate surface area is 275 Å². The highest BCUT2D eigenvalue weighted by atomic mass is 79.9. The van der Waals surface area contributed by atoms with Gasteiger partial charge in [-0.05, 0) is 62.2 Å². The average molecular weight is 721 g/mol. The van der Waals surface area contributed by atoms with E-state index in [0.717, 1.165) is 32.8 Å². The van der Waals surface area contributed by atoms with Crippen molar-refractivity contribution in [1.82, 2.24) is 14.8 Å². The Morgan fingerprint density at radius 1 is 0.933 bits per heavy atom. The van der Waals surface area contributed by atoms with Gasteiger partial charge in [0.05, 0.1) is 37.8 Å². The third-order valence-corrected chi connectivity index (χ3v) is 9.39. The number of halogens is 1. The summed E-state index contributed by atoms with van der Waals surface area (Å²) in [5.41, 5.74) is 2.92. The van der Waals surface area contributed by atoms with Crippen LogP contribution in [-0.4, -0.2) is 66.7 Å². The minimum absolute atomic E-state index is 0.121. The molecule has 0 atom stereocenters. The van der Waals surface area contributed by atoms with E-state index in [1.165, 1.54) is 0 Å². The van der Waals surface area contributed by atoms with Gasteiger partial charge in [-0.25, -0.2) is 4.57 Å². The number of pyridine rings is 1. The summed E-state index contributed by atoms with van der Waals surface area (Å²) in [4.78, 5) is 21.1. The number of benzene rings is 2. The van der Waals surface area contributed by atoms with E-state index in [0.29, 0.717) is 24.5 Å². The Balaban J connectivity index is 2.05. The number of rotatable bonds is 18. The number of ether oxygens (including phenoxy) is 1. The third kappa shape index (κ3) is 12.0. The number of nitrogens with zero attached hydrogens (tertiary/aromatic N) is 3. The van der Waals surface area contributed by atoms with Crippen LogP contribution in [0.4, 0.5) is 0 Å². The summed E-state index contributed by atoms with van der Waals surface area (Å²) in [7, 11) is -3.93. The highest BCUT2D eigenvalue weighted by Crippen LogP contribution is 2.48. The van der Waals surface area contributed by atoms with Crippen LogP contribution in [-0.2, 0) is 45.3 Å². The second kappa shape index (κ2) is 19.2. The molecule has 2 aromatic carbocycles. The molecule has 0 radical (unpaired) electrons. The van der Waals surface area contributed by atoms with Crippen molar-refractivity contribution in [3.05, 3.63) is 75.5 Å². The number of fused-ring (bicyclic) bond motifs is 1. The quantitative estimate of drug-likeness (QED) is 0.0572. The Hall–Kier alpha value is -2.51. The van der Waals surface area contributed by atoms with E-state index in [2.05, 4.69) is 27.8 Å². The number of hydrogen-bond acceptors (Lipinski definition) is 10. The summed E-state index contributed by atoms with van der Waals surface area (Å²) >= 11 is 3.62. The van der Waals surface area contributed by atoms with Gasteiger partial charge in [0.15, 0.2) is 0 Å². The Morgan fingerprint density at radius 2 is 1.60 bits per heavy atom. The molecule has 3 rings (SSSR count). The Kier molecular flexibility index (Phi) is 15.8. The smallest absolute Gasteiger partial charge is 0.344 e. The summed E-state index contributed by atoms with van der Waals surface area (Å²) in [5.74, 6) is 6.17. The van der Waals surface area contributed by atoms with Gasteiger partial charge < -0.3 is 13.8 Å². The Bertz CT molecular complexity index is 1540. The van der Waals surface area contributed by atoms with Gasteiger partial charge in [0.2, 0.25) is 0 Å². The van der Waals surface area contributed by atoms with Gasteiger partial charge in [0, 0.05) is 35.2 Å². The number of hydrogen-bond donors (Lipinski definition) is 0. The van der Waals surface area contributed by atoms with E-state index in [1.807, 2.05) is 60.4 Å². The molecule has 0 saturated carbocycles. The molecule has 0 aliphatic carbocycles. The van der Waals surface area contributed by atoms with Crippen LogP contribution < -0.4 is 0 Å². The van der Waals surface area contributed by atoms with Crippen molar-refractivity contribution in [2.75, 3.05) is 45.9 Å². The zero-order valence-electron chi connectivity index (χ0n) is 26.2. The van der Waals surface area contributed by atoms with Crippen molar-refractivity contribution in [1.29, 1.82) is 0 Å². The zero-order chi connectivity index (χ0) is 32.7. The van der Waals surface area contributed by atoms with Crippen molar-refractivity contribution in [3.63, 3.8) is 0 Å². The van der Waals surface area contributed by atoms with Crippen molar-refractivity contribution < 1.29 is 32.2 Å². The first-order valence-corrected chi connectivity index (χ1v) is 18.1. The van der Waals surface area contributed by atoms with Crippen LogP contribution in [0.2, 0.25) is 0 Å². The molecule has 0 spiro atoms. The van der Waals surface area contributed by atoms with E-state index in [4.69, 9.17) is 23.3 Å². The van der Waals surface area contributed by atoms with Gasteiger partial charge in [-0.1, -0.05) is 59.0 Å². The summed E-state index contributed by atoms with van der Waals surface area (Å²) in [6.07, 6.45) is 0.739. The molecule has 0 N–H and O–H groups in total. The summed E-state index contributed by atoms with van der Waals surface area (Å²) < 4.78 is 46.8. The first-order chi connectivity index (χ1) is 21.7. The molecule has 242 valence electrons. The number of esters is 1. The number of carbonyl (C=O) groups is 1. The molecule has 0 saturated heterocycles. The van der Waals surface area contributed by atoms with Crippen molar-refractivity contribution in [2.24, 2.45) is 0 Å². The molecule has 13 heteroatoms. The van der Waals surface area contributed by atoms with Crippen LogP contribution in [0.1, 0.15) is 56.6 Å². The van der Waals surface area contributed by atoms with Gasteiger partial charge in [-0.15, -0.1) is 0 Å². The standard InChI is InChI=1S/C32H40BrN3O7P2/c1-5-17-35(23-41-44-38)20-27-18-25(13-14-26-15-16-31(33)30-12-10-9-11-29(26)30)19-28(34-27)21-36(22-32(37)40-6-2)24-45(39,42-7-3)43-8-4/h9-12,15-16,18-19H,5-8,17,20-24H2,1-4H3. The maximum atomic E-state index is 13.5. The first-order valence-electron chi connectivity index (χ1n) is 14.9. The summed E-state index contributed by atoms with van der Waals surface area (Å²) in [5, 5.41) is 2.09. The largest absolute Gasteiger partial charge is 0.465 e. The average Bonchev–Trinajstić information content (AvgIpc) is 3.00. The van der Waals surface area contributed by atoms with Crippen LogP contribution in [0.5, 0.6) is 0 Å². The maximum absolute atomic E-state index is 13.5. The predicted octanol–water partition coefficient (Wildman–Crippen LogP) is 7.38. The van der Waals surface area contributed by atoms with Gasteiger partial charge in [0.25, 0.3) is 0 Å². The normalized spacial score (nSPS) is 11.7. The first kappa shape index (κ1) is 37.0. The van der Waals surface area contributed by atoms with Crippen LogP contribution in [0.15, 0.2) is 53.0 Å².